The van der Waals surface area contributed by atoms with Crippen LogP contribution in [0.2, 0.25) is 0 Å². The molecule has 1 aromatic carbocycles. The van der Waals surface area contributed by atoms with E-state index in [0.717, 1.165) is 4.47 Å². The number of amides is 2. The van der Waals surface area contributed by atoms with Crippen LogP contribution in [0.15, 0.2) is 22.7 Å². The van der Waals surface area contributed by atoms with Gasteiger partial charge in [0.1, 0.15) is 11.4 Å². The lowest BCUT2D eigenvalue weighted by atomic mass is 10.2. The molecule has 0 aromatic heterocycles. The molecule has 0 heterocycles. The van der Waals surface area contributed by atoms with Gasteiger partial charge in [0.15, 0.2) is 0 Å². The average Bonchev–Trinajstić information content (AvgIpc) is 2.37. The van der Waals surface area contributed by atoms with E-state index in [2.05, 4.69) is 26.6 Å². The second-order valence-electron chi connectivity index (χ2n) is 5.69. The van der Waals surface area contributed by atoms with E-state index in [9.17, 15) is 14.0 Å². The molecule has 1 aromatic rings. The molecule has 0 spiro atoms. The molecule has 0 unspecified atom stereocenters. The van der Waals surface area contributed by atoms with Crippen LogP contribution in [0.5, 0.6) is 0 Å². The predicted octanol–water partition coefficient (Wildman–Crippen LogP) is 3.12. The minimum atomic E-state index is -0.573. The van der Waals surface area contributed by atoms with Crippen LogP contribution in [-0.4, -0.2) is 24.1 Å². The number of nitrogens with one attached hydrogen (secondary N) is 2. The first-order valence-corrected chi connectivity index (χ1v) is 7.64. The van der Waals surface area contributed by atoms with Crippen LogP contribution >= 0.6 is 15.9 Å². The van der Waals surface area contributed by atoms with Crippen LogP contribution in [-0.2, 0) is 16.1 Å². The lowest BCUT2D eigenvalue weighted by Crippen LogP contribution is -2.35. The third kappa shape index (κ3) is 7.40. The van der Waals surface area contributed by atoms with Crippen molar-refractivity contribution in [1.82, 2.24) is 10.6 Å². The van der Waals surface area contributed by atoms with Gasteiger partial charge < -0.3 is 15.4 Å². The number of rotatable bonds is 5. The Kier molecular flexibility index (Phi) is 6.80. The molecule has 1 rings (SSSR count). The minimum absolute atomic E-state index is 0.117. The molecular formula is C15H20BrFN2O3. The van der Waals surface area contributed by atoms with E-state index in [1.165, 1.54) is 12.1 Å². The fourth-order valence-corrected chi connectivity index (χ4v) is 1.94. The summed E-state index contributed by atoms with van der Waals surface area (Å²) in [5, 5.41) is 5.16. The fourth-order valence-electron chi connectivity index (χ4n) is 1.55. The van der Waals surface area contributed by atoms with Crippen molar-refractivity contribution in [1.29, 1.82) is 0 Å². The summed E-state index contributed by atoms with van der Waals surface area (Å²) in [7, 11) is 0. The lowest BCUT2D eigenvalue weighted by Gasteiger charge is -2.19. The summed E-state index contributed by atoms with van der Waals surface area (Å²) < 4.78 is 18.9. The molecule has 0 radical (unpaired) electrons. The molecule has 122 valence electrons. The lowest BCUT2D eigenvalue weighted by molar-refractivity contribution is -0.121. The molecule has 0 aliphatic carbocycles. The van der Waals surface area contributed by atoms with Gasteiger partial charge in [-0.1, -0.05) is 15.9 Å². The van der Waals surface area contributed by atoms with Crippen molar-refractivity contribution in [2.75, 3.05) is 6.54 Å². The van der Waals surface area contributed by atoms with Gasteiger partial charge in [-0.3, -0.25) is 4.79 Å². The van der Waals surface area contributed by atoms with Crippen molar-refractivity contribution in [3.8, 4) is 0 Å². The van der Waals surface area contributed by atoms with Gasteiger partial charge in [0, 0.05) is 24.0 Å². The third-order valence-electron chi connectivity index (χ3n) is 2.50. The maximum absolute atomic E-state index is 13.1. The zero-order valence-electron chi connectivity index (χ0n) is 12.8. The first kappa shape index (κ1) is 18.4. The second-order valence-corrected chi connectivity index (χ2v) is 6.55. The number of carbonyl (C=O) groups excluding carboxylic acids is 2. The highest BCUT2D eigenvalue weighted by molar-refractivity contribution is 9.10. The first-order valence-electron chi connectivity index (χ1n) is 6.85. The van der Waals surface area contributed by atoms with E-state index in [1.54, 1.807) is 26.8 Å². The Bertz CT molecular complexity index is 544. The van der Waals surface area contributed by atoms with Gasteiger partial charge in [0.05, 0.1) is 0 Å². The molecule has 0 aliphatic rings. The van der Waals surface area contributed by atoms with E-state index < -0.39 is 11.7 Å². The Morgan fingerprint density at radius 2 is 1.95 bits per heavy atom. The van der Waals surface area contributed by atoms with Crippen molar-refractivity contribution in [3.05, 3.63) is 34.1 Å². The third-order valence-corrected chi connectivity index (χ3v) is 3.28. The summed E-state index contributed by atoms with van der Waals surface area (Å²) in [6.45, 7) is 5.66. The SMILES string of the molecule is CC(C)(C)OC(=O)NCCC(=O)NCc1cc(F)ccc1Br. The first-order chi connectivity index (χ1) is 10.2. The van der Waals surface area contributed by atoms with Crippen molar-refractivity contribution in [2.45, 2.75) is 39.3 Å². The molecule has 2 N–H and O–H groups in total. The summed E-state index contributed by atoms with van der Waals surface area (Å²) in [5.41, 5.74) is 0.0733. The highest BCUT2D eigenvalue weighted by Gasteiger charge is 2.15. The number of hydrogen-bond donors (Lipinski definition) is 2. The molecular weight excluding hydrogens is 355 g/mol. The molecule has 0 bridgehead atoms. The summed E-state index contributed by atoms with van der Waals surface area (Å²) in [4.78, 5) is 23.1. The monoisotopic (exact) mass is 374 g/mol. The van der Waals surface area contributed by atoms with Crippen LogP contribution < -0.4 is 10.6 Å². The molecule has 0 fully saturated rings. The molecule has 5 nitrogen and oxygen atoms in total. The molecule has 0 aliphatic heterocycles. The zero-order chi connectivity index (χ0) is 16.8. The van der Waals surface area contributed by atoms with E-state index in [1.807, 2.05) is 0 Å². The highest BCUT2D eigenvalue weighted by atomic mass is 79.9. The number of ether oxygens (including phenoxy) is 1. The largest absolute Gasteiger partial charge is 0.444 e. The van der Waals surface area contributed by atoms with Crippen LogP contribution in [0.3, 0.4) is 0 Å². The van der Waals surface area contributed by atoms with Gasteiger partial charge in [-0.25, -0.2) is 9.18 Å². The summed E-state index contributed by atoms with van der Waals surface area (Å²) in [5.74, 6) is -0.605. The molecule has 0 saturated carbocycles. The van der Waals surface area contributed by atoms with E-state index >= 15 is 0 Å². The van der Waals surface area contributed by atoms with Gasteiger partial charge in [-0.2, -0.15) is 0 Å². The van der Waals surface area contributed by atoms with Gasteiger partial charge >= 0.3 is 6.09 Å². The van der Waals surface area contributed by atoms with Gasteiger partial charge in [0.25, 0.3) is 0 Å². The molecule has 0 atom stereocenters. The number of benzene rings is 1. The van der Waals surface area contributed by atoms with Gasteiger partial charge in [-0.05, 0) is 44.5 Å². The zero-order valence-corrected chi connectivity index (χ0v) is 14.4. The minimum Gasteiger partial charge on any atom is -0.444 e. The summed E-state index contributed by atoms with van der Waals surface area (Å²) >= 11 is 3.29. The molecule has 22 heavy (non-hydrogen) atoms. The summed E-state index contributed by atoms with van der Waals surface area (Å²) in [6, 6.07) is 4.27. The quantitative estimate of drug-likeness (QED) is 0.831. The topological polar surface area (TPSA) is 67.4 Å². The summed E-state index contributed by atoms with van der Waals surface area (Å²) in [6.07, 6.45) is -0.445. The fraction of sp³-hybridized carbons (Fsp3) is 0.467. The van der Waals surface area contributed by atoms with Crippen LogP contribution in [0.25, 0.3) is 0 Å². The Morgan fingerprint density at radius 3 is 2.59 bits per heavy atom. The smallest absolute Gasteiger partial charge is 0.407 e. The van der Waals surface area contributed by atoms with Gasteiger partial charge in [0.2, 0.25) is 5.91 Å². The van der Waals surface area contributed by atoms with E-state index in [-0.39, 0.29) is 31.2 Å². The van der Waals surface area contributed by atoms with Gasteiger partial charge in [-0.15, -0.1) is 0 Å². The number of halogens is 2. The van der Waals surface area contributed by atoms with Crippen molar-refractivity contribution < 1.29 is 18.7 Å². The number of alkyl carbamates (subject to hydrolysis) is 1. The molecule has 7 heteroatoms. The van der Waals surface area contributed by atoms with E-state index in [0.29, 0.717) is 5.56 Å². The van der Waals surface area contributed by atoms with Crippen molar-refractivity contribution >= 4 is 27.9 Å². The van der Waals surface area contributed by atoms with Crippen molar-refractivity contribution in [3.63, 3.8) is 0 Å². The highest BCUT2D eigenvalue weighted by Crippen LogP contribution is 2.17. The Balaban J connectivity index is 2.29. The Hall–Kier alpha value is -1.63. The number of hydrogen-bond acceptors (Lipinski definition) is 3. The maximum Gasteiger partial charge on any atom is 0.407 e. The molecule has 0 saturated heterocycles. The van der Waals surface area contributed by atoms with Crippen molar-refractivity contribution in [2.24, 2.45) is 0 Å². The van der Waals surface area contributed by atoms with Crippen LogP contribution in [0, 0.1) is 5.82 Å². The molecule has 2 amide bonds. The Morgan fingerprint density at radius 1 is 1.27 bits per heavy atom. The Labute approximate surface area is 137 Å². The normalized spacial score (nSPS) is 11.0. The maximum atomic E-state index is 13.1. The number of carbonyl (C=O) groups is 2. The van der Waals surface area contributed by atoms with Crippen LogP contribution in [0.4, 0.5) is 9.18 Å². The van der Waals surface area contributed by atoms with E-state index in [4.69, 9.17) is 4.74 Å². The van der Waals surface area contributed by atoms with Crippen LogP contribution in [0.1, 0.15) is 32.8 Å². The predicted molar refractivity (Wildman–Crippen MR) is 84.8 cm³/mol. The second kappa shape index (κ2) is 8.12. The standard InChI is InChI=1S/C15H20BrFN2O3/c1-15(2,3)22-14(21)18-7-6-13(20)19-9-10-8-11(17)4-5-12(10)16/h4-5,8H,6-7,9H2,1-3H3,(H,18,21)(H,19,20). The average molecular weight is 375 g/mol.